The molecule has 2 aliphatic rings. The van der Waals surface area contributed by atoms with Crippen LogP contribution in [0.1, 0.15) is 37.7 Å². The second-order valence-corrected chi connectivity index (χ2v) is 9.05. The lowest BCUT2D eigenvalue weighted by atomic mass is 9.72. The van der Waals surface area contributed by atoms with Crippen LogP contribution in [0.5, 0.6) is 0 Å². The summed E-state index contributed by atoms with van der Waals surface area (Å²) in [6.07, 6.45) is 3.59. The van der Waals surface area contributed by atoms with E-state index in [1.165, 1.54) is 6.07 Å². The van der Waals surface area contributed by atoms with E-state index in [1.807, 2.05) is 0 Å². The number of carbonyl (C=O) groups excluding carboxylic acids is 1. The minimum absolute atomic E-state index is 0.0155. The molecule has 0 unspecified atom stereocenters. The molecule has 3 rings (SSSR count). The SMILES string of the molecule is Cc1cc(N2CCC3(CCC(OS(C)(=O)=O)CC3)C2=O)c(Cl)cc1F. The molecule has 0 bridgehead atoms. The lowest BCUT2D eigenvalue weighted by Gasteiger charge is -2.35. The zero-order valence-electron chi connectivity index (χ0n) is 14.2. The van der Waals surface area contributed by atoms with Gasteiger partial charge in [-0.25, -0.2) is 4.39 Å². The van der Waals surface area contributed by atoms with Gasteiger partial charge in [0.25, 0.3) is 10.1 Å². The van der Waals surface area contributed by atoms with Crippen LogP contribution in [0.3, 0.4) is 0 Å². The first kappa shape index (κ1) is 18.6. The Morgan fingerprint density at radius 3 is 2.52 bits per heavy atom. The van der Waals surface area contributed by atoms with Gasteiger partial charge in [-0.3, -0.25) is 8.98 Å². The van der Waals surface area contributed by atoms with Crippen molar-refractivity contribution in [3.05, 3.63) is 28.5 Å². The summed E-state index contributed by atoms with van der Waals surface area (Å²) in [5.41, 5.74) is 0.485. The van der Waals surface area contributed by atoms with E-state index < -0.39 is 21.4 Å². The highest BCUT2D eigenvalue weighted by molar-refractivity contribution is 7.86. The summed E-state index contributed by atoms with van der Waals surface area (Å²) in [7, 11) is -3.49. The van der Waals surface area contributed by atoms with Gasteiger partial charge in [0.05, 0.1) is 28.5 Å². The van der Waals surface area contributed by atoms with Gasteiger partial charge in [0.1, 0.15) is 5.82 Å². The van der Waals surface area contributed by atoms with E-state index in [0.29, 0.717) is 49.9 Å². The molecule has 25 heavy (non-hydrogen) atoms. The second-order valence-electron chi connectivity index (χ2n) is 7.04. The third-order valence-corrected chi connectivity index (χ3v) is 6.16. The van der Waals surface area contributed by atoms with E-state index in [-0.39, 0.29) is 17.0 Å². The Bertz CT molecular complexity index is 803. The maximum atomic E-state index is 13.6. The van der Waals surface area contributed by atoms with Gasteiger partial charge in [-0.15, -0.1) is 0 Å². The van der Waals surface area contributed by atoms with E-state index in [2.05, 4.69) is 0 Å². The van der Waals surface area contributed by atoms with Gasteiger partial charge in [-0.05, 0) is 56.7 Å². The molecule has 1 aromatic rings. The first-order chi connectivity index (χ1) is 11.6. The van der Waals surface area contributed by atoms with Crippen molar-refractivity contribution < 1.29 is 21.8 Å². The minimum Gasteiger partial charge on any atom is -0.310 e. The number of halogens is 2. The molecule has 0 aromatic heterocycles. The molecule has 5 nitrogen and oxygen atoms in total. The second kappa shape index (κ2) is 6.52. The quantitative estimate of drug-likeness (QED) is 0.743. The van der Waals surface area contributed by atoms with Crippen LogP contribution in [0.4, 0.5) is 10.1 Å². The van der Waals surface area contributed by atoms with Crippen LogP contribution < -0.4 is 4.90 Å². The molecule has 2 fully saturated rings. The smallest absolute Gasteiger partial charge is 0.264 e. The summed E-state index contributed by atoms with van der Waals surface area (Å²) >= 11 is 6.15. The van der Waals surface area contributed by atoms with E-state index >= 15 is 0 Å². The van der Waals surface area contributed by atoms with Gasteiger partial charge in [-0.1, -0.05) is 11.6 Å². The molecule has 1 amide bonds. The maximum Gasteiger partial charge on any atom is 0.264 e. The average molecular weight is 390 g/mol. The number of rotatable bonds is 3. The third kappa shape index (κ3) is 3.68. The highest BCUT2D eigenvalue weighted by atomic mass is 35.5. The third-order valence-electron chi connectivity index (χ3n) is 5.23. The van der Waals surface area contributed by atoms with Gasteiger partial charge in [0, 0.05) is 6.54 Å². The summed E-state index contributed by atoms with van der Waals surface area (Å²) in [6, 6.07) is 2.84. The molecule has 1 aromatic carbocycles. The van der Waals surface area contributed by atoms with Crippen molar-refractivity contribution in [2.75, 3.05) is 17.7 Å². The summed E-state index contributed by atoms with van der Waals surface area (Å²) in [4.78, 5) is 14.7. The Morgan fingerprint density at radius 1 is 1.28 bits per heavy atom. The fourth-order valence-corrected chi connectivity index (χ4v) is 4.79. The number of aryl methyl sites for hydroxylation is 1. The molecule has 0 atom stereocenters. The van der Waals surface area contributed by atoms with Crippen LogP contribution in [0.15, 0.2) is 12.1 Å². The van der Waals surface area contributed by atoms with Crippen molar-refractivity contribution in [3.63, 3.8) is 0 Å². The van der Waals surface area contributed by atoms with Crippen LogP contribution >= 0.6 is 11.6 Å². The molecular weight excluding hydrogens is 369 g/mol. The van der Waals surface area contributed by atoms with Crippen molar-refractivity contribution >= 4 is 33.3 Å². The minimum atomic E-state index is -3.49. The van der Waals surface area contributed by atoms with E-state index in [1.54, 1.807) is 17.9 Å². The average Bonchev–Trinajstić information content (AvgIpc) is 2.82. The summed E-state index contributed by atoms with van der Waals surface area (Å²) in [6.45, 7) is 2.17. The predicted molar refractivity (Wildman–Crippen MR) is 93.7 cm³/mol. The Kier molecular flexibility index (Phi) is 4.85. The molecule has 1 aliphatic carbocycles. The fraction of sp³-hybridized carbons (Fsp3) is 0.588. The molecule has 1 aliphatic heterocycles. The van der Waals surface area contributed by atoms with Crippen molar-refractivity contribution in [1.82, 2.24) is 0 Å². The molecule has 1 spiro atoms. The van der Waals surface area contributed by atoms with Crippen molar-refractivity contribution in [2.24, 2.45) is 5.41 Å². The highest BCUT2D eigenvalue weighted by Crippen LogP contribution is 2.47. The Morgan fingerprint density at radius 2 is 1.92 bits per heavy atom. The maximum absolute atomic E-state index is 13.6. The number of hydrogen-bond acceptors (Lipinski definition) is 4. The van der Waals surface area contributed by atoms with Gasteiger partial charge in [0.15, 0.2) is 0 Å². The monoisotopic (exact) mass is 389 g/mol. The molecule has 0 N–H and O–H groups in total. The fourth-order valence-electron chi connectivity index (χ4n) is 3.85. The van der Waals surface area contributed by atoms with Gasteiger partial charge >= 0.3 is 0 Å². The van der Waals surface area contributed by atoms with E-state index in [9.17, 15) is 17.6 Å². The molecule has 138 valence electrons. The Labute approximate surface area is 152 Å². The zero-order chi connectivity index (χ0) is 18.4. The lowest BCUT2D eigenvalue weighted by Crippen LogP contribution is -2.39. The van der Waals surface area contributed by atoms with E-state index in [0.717, 1.165) is 6.26 Å². The van der Waals surface area contributed by atoms with Crippen LogP contribution in [0.25, 0.3) is 0 Å². The van der Waals surface area contributed by atoms with Crippen LogP contribution in [0, 0.1) is 18.2 Å². The number of amides is 1. The first-order valence-electron chi connectivity index (χ1n) is 8.27. The number of benzene rings is 1. The lowest BCUT2D eigenvalue weighted by molar-refractivity contribution is -0.128. The van der Waals surface area contributed by atoms with Crippen molar-refractivity contribution in [3.8, 4) is 0 Å². The van der Waals surface area contributed by atoms with Crippen LogP contribution in [-0.2, 0) is 19.1 Å². The summed E-state index contributed by atoms with van der Waals surface area (Å²) < 4.78 is 41.2. The Balaban J connectivity index is 1.76. The Hall–Kier alpha value is -1.18. The standard InChI is InChI=1S/C17H21ClFNO4S/c1-11-9-15(13(18)10-14(11)19)20-8-7-17(16(20)21)5-3-12(4-6-17)24-25(2,22)23/h9-10,12H,3-8H2,1-2H3. The largest absolute Gasteiger partial charge is 0.310 e. The highest BCUT2D eigenvalue weighted by Gasteiger charge is 2.49. The zero-order valence-corrected chi connectivity index (χ0v) is 15.8. The number of nitrogens with zero attached hydrogens (tertiary/aromatic N) is 1. The van der Waals surface area contributed by atoms with Crippen molar-refractivity contribution in [2.45, 2.75) is 45.1 Å². The van der Waals surface area contributed by atoms with Crippen molar-refractivity contribution in [1.29, 1.82) is 0 Å². The molecule has 1 heterocycles. The molecule has 0 radical (unpaired) electrons. The van der Waals surface area contributed by atoms with Gasteiger partial charge in [0.2, 0.25) is 5.91 Å². The molecular formula is C17H21ClFNO4S. The summed E-state index contributed by atoms with van der Waals surface area (Å²) in [5.74, 6) is -0.410. The molecule has 8 heteroatoms. The van der Waals surface area contributed by atoms with Gasteiger partial charge < -0.3 is 4.90 Å². The number of hydrogen-bond donors (Lipinski definition) is 0. The molecule has 1 saturated heterocycles. The first-order valence-corrected chi connectivity index (χ1v) is 10.5. The number of carbonyl (C=O) groups is 1. The summed E-state index contributed by atoms with van der Waals surface area (Å²) in [5, 5.41) is 0.225. The van der Waals surface area contributed by atoms with Gasteiger partial charge in [-0.2, -0.15) is 8.42 Å². The van der Waals surface area contributed by atoms with Crippen LogP contribution in [-0.4, -0.2) is 33.2 Å². The van der Waals surface area contributed by atoms with Crippen LogP contribution in [0.2, 0.25) is 5.02 Å². The number of anilines is 1. The van der Waals surface area contributed by atoms with E-state index in [4.69, 9.17) is 15.8 Å². The molecule has 1 saturated carbocycles. The topological polar surface area (TPSA) is 63.7 Å². The normalized spacial score (nSPS) is 27.3. The predicted octanol–water partition coefficient (Wildman–Crippen LogP) is 3.43.